The number of carbonyl (C=O) groups excluding carboxylic acids is 2. The summed E-state index contributed by atoms with van der Waals surface area (Å²) in [7, 11) is 0. The summed E-state index contributed by atoms with van der Waals surface area (Å²) in [5.74, 6) is -0.568. The molecule has 2 aromatic rings. The molecular weight excluding hydrogens is 393 g/mol. The maximum absolute atomic E-state index is 12.9. The Hall–Kier alpha value is -2.54. The first-order valence-corrected chi connectivity index (χ1v) is 9.01. The average Bonchev–Trinajstić information content (AvgIpc) is 2.93. The van der Waals surface area contributed by atoms with Crippen molar-refractivity contribution in [3.8, 4) is 0 Å². The Morgan fingerprint density at radius 2 is 1.75 bits per heavy atom. The van der Waals surface area contributed by atoms with E-state index in [0.717, 1.165) is 12.1 Å². The Morgan fingerprint density at radius 1 is 1.14 bits per heavy atom. The summed E-state index contributed by atoms with van der Waals surface area (Å²) in [6.07, 6.45) is -3.90. The molecule has 148 valence electrons. The lowest BCUT2D eigenvalue weighted by Crippen LogP contribution is -2.51. The Labute approximate surface area is 165 Å². The van der Waals surface area contributed by atoms with E-state index in [1.165, 1.54) is 17.0 Å². The lowest BCUT2D eigenvalue weighted by atomic mass is 9.96. The fraction of sp³-hybridized carbons (Fsp3) is 0.300. The number of anilines is 1. The predicted octanol–water partition coefficient (Wildman–Crippen LogP) is 4.88. The summed E-state index contributed by atoms with van der Waals surface area (Å²) >= 11 is 5.84. The highest BCUT2D eigenvalue weighted by Gasteiger charge is 2.47. The van der Waals surface area contributed by atoms with Gasteiger partial charge >= 0.3 is 6.18 Å². The molecule has 4 nitrogen and oxygen atoms in total. The van der Waals surface area contributed by atoms with Crippen molar-refractivity contribution in [3.05, 3.63) is 64.7 Å². The summed E-state index contributed by atoms with van der Waals surface area (Å²) in [5.41, 5.74) is -0.787. The second-order valence-electron chi connectivity index (χ2n) is 6.91. The lowest BCUT2D eigenvalue weighted by molar-refractivity contribution is -0.138. The highest BCUT2D eigenvalue weighted by molar-refractivity contribution is 6.30. The Kier molecular flexibility index (Phi) is 5.39. The van der Waals surface area contributed by atoms with Crippen LogP contribution in [0.15, 0.2) is 48.5 Å². The third kappa shape index (κ3) is 4.14. The van der Waals surface area contributed by atoms with E-state index in [1.807, 2.05) is 0 Å². The fourth-order valence-electron chi connectivity index (χ4n) is 3.17. The second-order valence-corrected chi connectivity index (χ2v) is 7.35. The van der Waals surface area contributed by atoms with Crippen LogP contribution in [0.5, 0.6) is 0 Å². The highest BCUT2D eigenvalue weighted by atomic mass is 35.5. The molecule has 1 atom stereocenters. The quantitative estimate of drug-likeness (QED) is 0.781. The van der Waals surface area contributed by atoms with E-state index in [2.05, 4.69) is 5.32 Å². The molecule has 0 saturated carbocycles. The molecule has 28 heavy (non-hydrogen) atoms. The maximum atomic E-state index is 12.9. The Morgan fingerprint density at radius 3 is 2.32 bits per heavy atom. The van der Waals surface area contributed by atoms with Crippen LogP contribution in [-0.2, 0) is 22.3 Å². The topological polar surface area (TPSA) is 49.4 Å². The number of nitrogens with one attached hydrogen (secondary N) is 1. The van der Waals surface area contributed by atoms with Gasteiger partial charge in [0.1, 0.15) is 5.54 Å². The standard InChI is InChI=1S/C20H18ClF3N2O2/c1-19(18(28)25-16-8-6-15(21)7-9-16)11-10-17(27)26(19)12-13-2-4-14(5-3-13)20(22,23)24/h2-9H,10-12H2,1H3,(H,25,28). The van der Waals surface area contributed by atoms with E-state index in [9.17, 15) is 22.8 Å². The van der Waals surface area contributed by atoms with Gasteiger partial charge in [0.25, 0.3) is 0 Å². The number of hydrogen-bond acceptors (Lipinski definition) is 2. The van der Waals surface area contributed by atoms with E-state index < -0.39 is 17.3 Å². The Balaban J connectivity index is 1.77. The van der Waals surface area contributed by atoms with Gasteiger partial charge in [-0.05, 0) is 55.3 Å². The van der Waals surface area contributed by atoms with Crippen LogP contribution in [0.1, 0.15) is 30.9 Å². The molecule has 1 fully saturated rings. The first kappa shape index (κ1) is 20.2. The first-order valence-electron chi connectivity index (χ1n) is 8.63. The number of nitrogens with zero attached hydrogens (tertiary/aromatic N) is 1. The summed E-state index contributed by atoms with van der Waals surface area (Å²) in [5, 5.41) is 3.31. The Bertz CT molecular complexity index is 882. The molecule has 0 aliphatic carbocycles. The van der Waals surface area contributed by atoms with Gasteiger partial charge in [0.2, 0.25) is 11.8 Å². The van der Waals surface area contributed by atoms with Gasteiger partial charge in [-0.1, -0.05) is 23.7 Å². The normalized spacial score (nSPS) is 19.8. The van der Waals surface area contributed by atoms with Gasteiger partial charge < -0.3 is 10.2 Å². The van der Waals surface area contributed by atoms with Crippen LogP contribution in [0.4, 0.5) is 18.9 Å². The molecule has 1 aliphatic rings. The molecule has 2 amide bonds. The third-order valence-electron chi connectivity index (χ3n) is 4.94. The molecule has 8 heteroatoms. The zero-order valence-corrected chi connectivity index (χ0v) is 15.8. The summed E-state index contributed by atoms with van der Waals surface area (Å²) in [6, 6.07) is 11.2. The fourth-order valence-corrected chi connectivity index (χ4v) is 3.30. The van der Waals surface area contributed by atoms with Gasteiger partial charge in [-0.3, -0.25) is 9.59 Å². The van der Waals surface area contributed by atoms with Gasteiger partial charge in [0, 0.05) is 23.7 Å². The average molecular weight is 411 g/mol. The van der Waals surface area contributed by atoms with E-state index in [1.54, 1.807) is 31.2 Å². The first-order chi connectivity index (χ1) is 13.1. The number of amides is 2. The van der Waals surface area contributed by atoms with Crippen LogP contribution in [0.2, 0.25) is 5.02 Å². The minimum Gasteiger partial charge on any atom is -0.324 e. The zero-order valence-electron chi connectivity index (χ0n) is 15.0. The molecule has 0 radical (unpaired) electrons. The van der Waals surface area contributed by atoms with Gasteiger partial charge in [-0.25, -0.2) is 0 Å². The number of likely N-dealkylation sites (tertiary alicyclic amines) is 1. The summed E-state index contributed by atoms with van der Waals surface area (Å²) in [4.78, 5) is 26.7. The second kappa shape index (κ2) is 7.47. The number of hydrogen-bond donors (Lipinski definition) is 1. The molecule has 1 unspecified atom stereocenters. The molecule has 0 spiro atoms. The minimum atomic E-state index is -4.42. The zero-order chi connectivity index (χ0) is 20.5. The van der Waals surface area contributed by atoms with E-state index in [4.69, 9.17) is 11.6 Å². The van der Waals surface area contributed by atoms with Crippen molar-refractivity contribution in [3.63, 3.8) is 0 Å². The van der Waals surface area contributed by atoms with Crippen molar-refractivity contribution in [2.75, 3.05) is 5.32 Å². The predicted molar refractivity (Wildman–Crippen MR) is 99.7 cm³/mol. The number of carbonyl (C=O) groups is 2. The number of benzene rings is 2. The maximum Gasteiger partial charge on any atom is 0.416 e. The SMILES string of the molecule is CC1(C(=O)Nc2ccc(Cl)cc2)CCC(=O)N1Cc1ccc(C(F)(F)F)cc1. The number of rotatable bonds is 4. The van der Waals surface area contributed by atoms with Crippen molar-refractivity contribution in [2.45, 2.75) is 38.0 Å². The number of halogens is 4. The van der Waals surface area contributed by atoms with Crippen molar-refractivity contribution in [1.29, 1.82) is 0 Å². The third-order valence-corrected chi connectivity index (χ3v) is 5.19. The molecule has 1 heterocycles. The van der Waals surface area contributed by atoms with Gasteiger partial charge in [0.05, 0.1) is 5.56 Å². The van der Waals surface area contributed by atoms with Gasteiger partial charge in [-0.15, -0.1) is 0 Å². The van der Waals surface area contributed by atoms with Gasteiger partial charge in [-0.2, -0.15) is 13.2 Å². The minimum absolute atomic E-state index is 0.0571. The molecule has 1 aliphatic heterocycles. The monoisotopic (exact) mass is 410 g/mol. The van der Waals surface area contributed by atoms with E-state index in [0.29, 0.717) is 22.7 Å². The van der Waals surface area contributed by atoms with E-state index in [-0.39, 0.29) is 24.8 Å². The van der Waals surface area contributed by atoms with Crippen LogP contribution >= 0.6 is 11.6 Å². The van der Waals surface area contributed by atoms with Crippen molar-refractivity contribution < 1.29 is 22.8 Å². The van der Waals surface area contributed by atoms with Crippen molar-refractivity contribution >= 4 is 29.1 Å². The molecule has 1 saturated heterocycles. The van der Waals surface area contributed by atoms with Crippen LogP contribution in [0.25, 0.3) is 0 Å². The summed E-state index contributed by atoms with van der Waals surface area (Å²) in [6.45, 7) is 1.72. The molecule has 0 bridgehead atoms. The smallest absolute Gasteiger partial charge is 0.324 e. The molecule has 2 aromatic carbocycles. The lowest BCUT2D eigenvalue weighted by Gasteiger charge is -2.34. The van der Waals surface area contributed by atoms with Crippen LogP contribution in [0, 0.1) is 0 Å². The van der Waals surface area contributed by atoms with Crippen LogP contribution in [0.3, 0.4) is 0 Å². The summed E-state index contributed by atoms with van der Waals surface area (Å²) < 4.78 is 38.2. The number of alkyl halides is 3. The molecule has 0 aromatic heterocycles. The van der Waals surface area contributed by atoms with Crippen LogP contribution in [-0.4, -0.2) is 22.3 Å². The highest BCUT2D eigenvalue weighted by Crippen LogP contribution is 2.34. The molecule has 3 rings (SSSR count). The van der Waals surface area contributed by atoms with Gasteiger partial charge in [0.15, 0.2) is 0 Å². The van der Waals surface area contributed by atoms with E-state index >= 15 is 0 Å². The van der Waals surface area contributed by atoms with Crippen molar-refractivity contribution in [1.82, 2.24) is 4.90 Å². The molecule has 1 N–H and O–H groups in total. The largest absolute Gasteiger partial charge is 0.416 e. The van der Waals surface area contributed by atoms with Crippen molar-refractivity contribution in [2.24, 2.45) is 0 Å². The van der Waals surface area contributed by atoms with Crippen LogP contribution < -0.4 is 5.32 Å². The molecular formula is C20H18ClF3N2O2.